The summed E-state index contributed by atoms with van der Waals surface area (Å²) in [4.78, 5) is 25.2. The van der Waals surface area contributed by atoms with Crippen LogP contribution in [0.5, 0.6) is 5.75 Å². The molecule has 0 aliphatic heterocycles. The van der Waals surface area contributed by atoms with E-state index >= 15 is 0 Å². The molecule has 5 nitrogen and oxygen atoms in total. The lowest BCUT2D eigenvalue weighted by Crippen LogP contribution is -2.21. The highest BCUT2D eigenvalue weighted by Crippen LogP contribution is 2.36. The van der Waals surface area contributed by atoms with Crippen molar-refractivity contribution in [2.75, 3.05) is 7.11 Å². The second-order valence-corrected chi connectivity index (χ2v) is 5.20. The Morgan fingerprint density at radius 3 is 2.38 bits per heavy atom. The summed E-state index contributed by atoms with van der Waals surface area (Å²) in [5, 5.41) is 1.50. The Hall–Kier alpha value is -2.60. The number of ether oxygens (including phenoxy) is 1. The summed E-state index contributed by atoms with van der Waals surface area (Å²) in [6.07, 6.45) is 0. The van der Waals surface area contributed by atoms with Gasteiger partial charge in [-0.25, -0.2) is 0 Å². The van der Waals surface area contributed by atoms with E-state index in [4.69, 9.17) is 4.74 Å². The third-order valence-electron chi connectivity index (χ3n) is 3.62. The summed E-state index contributed by atoms with van der Waals surface area (Å²) in [5.41, 5.74) is 0.995. The number of benzene rings is 2. The number of aromatic nitrogens is 2. The maximum Gasteiger partial charge on any atom is 0.216 e. The zero-order chi connectivity index (χ0) is 14.6. The molecule has 0 unspecified atom stereocenters. The number of hydrogen-bond acceptors (Lipinski definition) is 6. The van der Waals surface area contributed by atoms with Gasteiger partial charge in [-0.1, -0.05) is 24.3 Å². The molecular weight excluding hydrogens is 288 g/mol. The lowest BCUT2D eigenvalue weighted by atomic mass is 9.86. The molecule has 0 saturated heterocycles. The van der Waals surface area contributed by atoms with E-state index in [1.165, 1.54) is 0 Å². The van der Waals surface area contributed by atoms with Crippen molar-refractivity contribution in [1.82, 2.24) is 8.75 Å². The predicted molar refractivity (Wildman–Crippen MR) is 77.3 cm³/mol. The number of hydrogen-bond donors (Lipinski definition) is 0. The van der Waals surface area contributed by atoms with Gasteiger partial charge in [0.15, 0.2) is 11.4 Å². The summed E-state index contributed by atoms with van der Waals surface area (Å²) < 4.78 is 13.3. The quantitative estimate of drug-likeness (QED) is 0.539. The first-order chi connectivity index (χ1) is 10.2. The molecule has 6 heteroatoms. The third-order valence-corrected chi connectivity index (χ3v) is 4.15. The zero-order valence-electron chi connectivity index (χ0n) is 10.9. The number of rotatable bonds is 1. The van der Waals surface area contributed by atoms with E-state index in [0.717, 1.165) is 17.1 Å². The van der Waals surface area contributed by atoms with Crippen LogP contribution in [0.2, 0.25) is 0 Å². The SMILES string of the molecule is COc1cc2c(c3ccccc13)C(=O)c1nsnc1C2=O. The van der Waals surface area contributed by atoms with Gasteiger partial charge in [0.1, 0.15) is 5.75 Å². The van der Waals surface area contributed by atoms with Crippen LogP contribution in [0.4, 0.5) is 0 Å². The van der Waals surface area contributed by atoms with Crippen molar-refractivity contribution in [2.24, 2.45) is 0 Å². The van der Waals surface area contributed by atoms with Crippen LogP contribution in [0.3, 0.4) is 0 Å². The molecule has 0 fully saturated rings. The smallest absolute Gasteiger partial charge is 0.216 e. The minimum Gasteiger partial charge on any atom is -0.496 e. The molecule has 1 heterocycles. The molecule has 0 bridgehead atoms. The van der Waals surface area contributed by atoms with Gasteiger partial charge in [0.25, 0.3) is 0 Å². The van der Waals surface area contributed by atoms with Gasteiger partial charge in [-0.05, 0) is 11.5 Å². The minimum atomic E-state index is -0.280. The largest absolute Gasteiger partial charge is 0.496 e. The predicted octanol–water partition coefficient (Wildman–Crippen LogP) is 2.48. The fourth-order valence-corrected chi connectivity index (χ4v) is 3.21. The van der Waals surface area contributed by atoms with Gasteiger partial charge in [0.05, 0.1) is 18.8 Å². The van der Waals surface area contributed by atoms with E-state index in [9.17, 15) is 9.59 Å². The van der Waals surface area contributed by atoms with Crippen molar-refractivity contribution in [1.29, 1.82) is 0 Å². The Kier molecular flexibility index (Phi) is 2.43. The van der Waals surface area contributed by atoms with Gasteiger partial charge >= 0.3 is 0 Å². The highest BCUT2D eigenvalue weighted by Gasteiger charge is 2.35. The molecular formula is C15H8N2O3S. The van der Waals surface area contributed by atoms with E-state index in [2.05, 4.69) is 8.75 Å². The molecule has 0 atom stereocenters. The summed E-state index contributed by atoms with van der Waals surface area (Å²) in [6.45, 7) is 0. The first-order valence-corrected chi connectivity index (χ1v) is 6.97. The molecule has 21 heavy (non-hydrogen) atoms. The number of carbonyl (C=O) groups excluding carboxylic acids is 2. The summed E-state index contributed by atoms with van der Waals surface area (Å²) in [5.74, 6) is 0.0294. The summed E-state index contributed by atoms with van der Waals surface area (Å²) in [6, 6.07) is 8.98. The van der Waals surface area contributed by atoms with Gasteiger partial charge in [0.2, 0.25) is 11.6 Å². The molecule has 0 spiro atoms. The van der Waals surface area contributed by atoms with Crippen molar-refractivity contribution in [3.05, 3.63) is 52.8 Å². The molecule has 102 valence electrons. The second kappa shape index (κ2) is 4.20. The molecule has 4 rings (SSSR count). The van der Waals surface area contributed by atoms with E-state index in [-0.39, 0.29) is 23.0 Å². The van der Waals surface area contributed by atoms with Crippen LogP contribution < -0.4 is 4.74 Å². The maximum absolute atomic E-state index is 12.6. The average molecular weight is 296 g/mol. The molecule has 2 aromatic carbocycles. The van der Waals surface area contributed by atoms with Crippen molar-refractivity contribution < 1.29 is 14.3 Å². The Bertz CT molecular complexity index is 930. The Balaban J connectivity index is 2.16. The first-order valence-electron chi connectivity index (χ1n) is 6.24. The van der Waals surface area contributed by atoms with Gasteiger partial charge in [-0.15, -0.1) is 0 Å². The topological polar surface area (TPSA) is 69.2 Å². The van der Waals surface area contributed by atoms with Gasteiger partial charge in [-0.2, -0.15) is 8.75 Å². The van der Waals surface area contributed by atoms with Crippen LogP contribution >= 0.6 is 11.7 Å². The molecule has 1 aliphatic carbocycles. The highest BCUT2D eigenvalue weighted by molar-refractivity contribution is 6.99. The minimum absolute atomic E-state index is 0.134. The highest BCUT2D eigenvalue weighted by atomic mass is 32.1. The first kappa shape index (κ1) is 12.2. The molecule has 0 N–H and O–H groups in total. The summed E-state index contributed by atoms with van der Waals surface area (Å²) >= 11 is 0.876. The molecule has 1 aromatic heterocycles. The number of ketones is 2. The van der Waals surface area contributed by atoms with Crippen LogP contribution in [-0.2, 0) is 0 Å². The van der Waals surface area contributed by atoms with Gasteiger partial charge < -0.3 is 4.74 Å². The number of nitrogens with zero attached hydrogens (tertiary/aromatic N) is 2. The van der Waals surface area contributed by atoms with Gasteiger partial charge in [0, 0.05) is 16.5 Å². The Morgan fingerprint density at radius 2 is 1.67 bits per heavy atom. The Labute approximate surface area is 123 Å². The zero-order valence-corrected chi connectivity index (χ0v) is 11.7. The second-order valence-electron chi connectivity index (χ2n) is 4.67. The monoisotopic (exact) mass is 296 g/mol. The number of fused-ring (bicyclic) bond motifs is 4. The molecule has 3 aromatic rings. The number of carbonyl (C=O) groups is 2. The molecule has 1 aliphatic rings. The van der Waals surface area contributed by atoms with E-state index in [0.29, 0.717) is 22.3 Å². The van der Waals surface area contributed by atoms with Crippen molar-refractivity contribution in [3.8, 4) is 5.75 Å². The fourth-order valence-electron chi connectivity index (χ4n) is 2.67. The molecule has 0 radical (unpaired) electrons. The third kappa shape index (κ3) is 1.50. The van der Waals surface area contributed by atoms with Crippen LogP contribution in [0.1, 0.15) is 32.1 Å². The van der Waals surface area contributed by atoms with E-state index < -0.39 is 0 Å². The van der Waals surface area contributed by atoms with E-state index in [1.807, 2.05) is 24.3 Å². The van der Waals surface area contributed by atoms with Crippen LogP contribution in [0.15, 0.2) is 30.3 Å². The lowest BCUT2D eigenvalue weighted by Gasteiger charge is -2.17. The Morgan fingerprint density at radius 1 is 1.00 bits per heavy atom. The lowest BCUT2D eigenvalue weighted by molar-refractivity contribution is 0.0975. The van der Waals surface area contributed by atoms with Crippen LogP contribution in [0.25, 0.3) is 10.8 Å². The fraction of sp³-hybridized carbons (Fsp3) is 0.0667. The number of methoxy groups -OCH3 is 1. The average Bonchev–Trinajstić information content (AvgIpc) is 3.01. The van der Waals surface area contributed by atoms with Crippen molar-refractivity contribution in [2.45, 2.75) is 0 Å². The van der Waals surface area contributed by atoms with Crippen molar-refractivity contribution >= 4 is 34.1 Å². The molecule has 0 amide bonds. The van der Waals surface area contributed by atoms with Crippen molar-refractivity contribution in [3.63, 3.8) is 0 Å². The van der Waals surface area contributed by atoms with Gasteiger partial charge in [-0.3, -0.25) is 9.59 Å². The van der Waals surface area contributed by atoms with E-state index in [1.54, 1.807) is 13.2 Å². The molecule has 0 saturated carbocycles. The summed E-state index contributed by atoms with van der Waals surface area (Å²) in [7, 11) is 1.54. The van der Waals surface area contributed by atoms with Crippen LogP contribution in [-0.4, -0.2) is 27.4 Å². The maximum atomic E-state index is 12.6. The van der Waals surface area contributed by atoms with Crippen LogP contribution in [0, 0.1) is 0 Å². The standard InChI is InChI=1S/C15H8N2O3S/c1-20-10-6-9-11(8-5-3-2-4-7(8)10)15(19)13-12(14(9)18)16-21-17-13/h2-6H,1H3. The normalized spacial score (nSPS) is 13.2.